The predicted octanol–water partition coefficient (Wildman–Crippen LogP) is 7.45. The summed E-state index contributed by atoms with van der Waals surface area (Å²) in [7, 11) is 0. The minimum Gasteiger partial charge on any atom is -0.233 e. The lowest BCUT2D eigenvalue weighted by atomic mass is 9.94. The van der Waals surface area contributed by atoms with E-state index in [0.717, 1.165) is 33.9 Å². The second-order valence-corrected chi connectivity index (χ2v) is 7.58. The minimum absolute atomic E-state index is 0.753. The molecule has 1 aromatic heterocycles. The maximum Gasteiger partial charge on any atom is 0.160 e. The number of aromatic nitrogens is 2. The van der Waals surface area contributed by atoms with E-state index in [1.807, 2.05) is 43.3 Å². The van der Waals surface area contributed by atoms with Crippen molar-refractivity contribution in [2.24, 2.45) is 0 Å². The number of hydrogen-bond donors (Lipinski definition) is 0. The van der Waals surface area contributed by atoms with Gasteiger partial charge >= 0.3 is 0 Å². The minimum atomic E-state index is 0.753. The van der Waals surface area contributed by atoms with Crippen LogP contribution in [-0.2, 0) is 0 Å². The van der Waals surface area contributed by atoms with E-state index >= 15 is 0 Å². The Labute approximate surface area is 182 Å². The van der Waals surface area contributed by atoms with Crippen LogP contribution >= 0.6 is 0 Å². The zero-order valence-electron chi connectivity index (χ0n) is 17.4. The van der Waals surface area contributed by atoms with Gasteiger partial charge < -0.3 is 0 Å². The molecule has 5 aromatic rings. The fourth-order valence-electron chi connectivity index (χ4n) is 3.88. The van der Waals surface area contributed by atoms with Crippen LogP contribution in [0.5, 0.6) is 0 Å². The topological polar surface area (TPSA) is 25.8 Å². The Balaban J connectivity index is 1.63. The van der Waals surface area contributed by atoms with Crippen LogP contribution in [0, 0.1) is 6.92 Å². The van der Waals surface area contributed by atoms with Crippen LogP contribution in [-0.4, -0.2) is 9.97 Å². The number of benzene rings is 4. The molecular weight excluding hydrogens is 376 g/mol. The summed E-state index contributed by atoms with van der Waals surface area (Å²) >= 11 is 0. The Morgan fingerprint density at radius 3 is 1.77 bits per heavy atom. The quantitative estimate of drug-likeness (QED) is 0.314. The molecule has 0 saturated carbocycles. The van der Waals surface area contributed by atoms with E-state index in [0.29, 0.717) is 0 Å². The molecular formula is C29H22N2. The molecule has 2 heteroatoms. The molecule has 2 nitrogen and oxygen atoms in total. The van der Waals surface area contributed by atoms with Crippen LogP contribution in [0.25, 0.3) is 44.9 Å². The highest BCUT2D eigenvalue weighted by atomic mass is 14.9. The van der Waals surface area contributed by atoms with Gasteiger partial charge in [-0.3, -0.25) is 0 Å². The van der Waals surface area contributed by atoms with Gasteiger partial charge in [0.2, 0.25) is 0 Å². The van der Waals surface area contributed by atoms with E-state index in [2.05, 4.69) is 83.8 Å². The van der Waals surface area contributed by atoms with Crippen molar-refractivity contribution in [1.82, 2.24) is 9.97 Å². The van der Waals surface area contributed by atoms with E-state index in [1.54, 1.807) is 0 Å². The van der Waals surface area contributed by atoms with Crippen molar-refractivity contribution in [3.05, 3.63) is 121 Å². The van der Waals surface area contributed by atoms with Gasteiger partial charge in [-0.15, -0.1) is 0 Å². The van der Waals surface area contributed by atoms with Gasteiger partial charge in [0.1, 0.15) is 0 Å². The maximum atomic E-state index is 4.93. The molecule has 1 heterocycles. The number of aryl methyl sites for hydroxylation is 1. The number of hydrogen-bond acceptors (Lipinski definition) is 2. The molecule has 0 unspecified atom stereocenters. The van der Waals surface area contributed by atoms with Gasteiger partial charge in [0, 0.05) is 16.8 Å². The van der Waals surface area contributed by atoms with Crippen LogP contribution in [0.3, 0.4) is 0 Å². The monoisotopic (exact) mass is 398 g/mol. The molecule has 0 atom stereocenters. The second kappa shape index (κ2) is 8.37. The molecule has 148 valence electrons. The van der Waals surface area contributed by atoms with Crippen molar-refractivity contribution in [1.29, 1.82) is 0 Å². The molecule has 0 N–H and O–H groups in total. The van der Waals surface area contributed by atoms with Crippen molar-refractivity contribution in [3.63, 3.8) is 0 Å². The summed E-state index contributed by atoms with van der Waals surface area (Å²) in [5.74, 6) is 0.753. The summed E-state index contributed by atoms with van der Waals surface area (Å²) in [6.45, 7) is 2.02. The van der Waals surface area contributed by atoms with Gasteiger partial charge in [0.05, 0.1) is 5.69 Å². The highest BCUT2D eigenvalue weighted by Gasteiger charge is 2.12. The first-order valence-electron chi connectivity index (χ1n) is 10.4. The van der Waals surface area contributed by atoms with Crippen molar-refractivity contribution < 1.29 is 0 Å². The first kappa shape index (κ1) is 19.0. The van der Waals surface area contributed by atoms with Crippen LogP contribution in [0.2, 0.25) is 0 Å². The molecule has 0 amide bonds. The molecule has 31 heavy (non-hydrogen) atoms. The Morgan fingerprint density at radius 1 is 0.452 bits per heavy atom. The predicted molar refractivity (Wildman–Crippen MR) is 129 cm³/mol. The maximum absolute atomic E-state index is 4.93. The van der Waals surface area contributed by atoms with Gasteiger partial charge in [-0.25, -0.2) is 9.97 Å². The molecule has 0 fully saturated rings. The number of nitrogens with zero attached hydrogens (tertiary/aromatic N) is 2. The SMILES string of the molecule is Cc1cc(-c2ccccc2-c2cccc(-c3ccccc3)c2)nc(-c2ccccc2)n1. The standard InChI is InChI=1S/C29H22N2/c1-21-19-28(31-29(30-21)23-13-6-3-7-14-23)27-18-9-8-17-26(27)25-16-10-15-24(20-25)22-11-4-2-5-12-22/h2-20H,1H3. The third-order valence-electron chi connectivity index (χ3n) is 5.37. The highest BCUT2D eigenvalue weighted by Crippen LogP contribution is 2.34. The largest absolute Gasteiger partial charge is 0.233 e. The van der Waals surface area contributed by atoms with E-state index in [1.165, 1.54) is 16.7 Å². The Hall–Kier alpha value is -4.04. The molecule has 0 saturated heterocycles. The van der Waals surface area contributed by atoms with Crippen LogP contribution in [0.4, 0.5) is 0 Å². The summed E-state index contributed by atoms with van der Waals surface area (Å²) < 4.78 is 0. The lowest BCUT2D eigenvalue weighted by Gasteiger charge is -2.13. The molecule has 0 aliphatic carbocycles. The van der Waals surface area contributed by atoms with Crippen LogP contribution in [0.1, 0.15) is 5.69 Å². The van der Waals surface area contributed by atoms with Crippen LogP contribution in [0.15, 0.2) is 115 Å². The lowest BCUT2D eigenvalue weighted by Crippen LogP contribution is -1.96. The van der Waals surface area contributed by atoms with Gasteiger partial charge in [0.15, 0.2) is 5.82 Å². The average molecular weight is 399 g/mol. The van der Waals surface area contributed by atoms with Crippen molar-refractivity contribution >= 4 is 0 Å². The summed E-state index contributed by atoms with van der Waals surface area (Å²) in [6, 6.07) is 39.8. The zero-order chi connectivity index (χ0) is 21.0. The smallest absolute Gasteiger partial charge is 0.160 e. The summed E-state index contributed by atoms with van der Waals surface area (Å²) in [6.07, 6.45) is 0. The third kappa shape index (κ3) is 4.01. The third-order valence-corrected chi connectivity index (χ3v) is 5.37. The summed E-state index contributed by atoms with van der Waals surface area (Å²) in [5.41, 5.74) is 8.78. The fourth-order valence-corrected chi connectivity index (χ4v) is 3.88. The lowest BCUT2D eigenvalue weighted by molar-refractivity contribution is 1.12. The average Bonchev–Trinajstić information content (AvgIpc) is 2.85. The Bertz CT molecular complexity index is 1330. The molecule has 0 bridgehead atoms. The fraction of sp³-hybridized carbons (Fsp3) is 0.0345. The first-order valence-corrected chi connectivity index (χ1v) is 10.4. The van der Waals surface area contributed by atoms with Gasteiger partial charge in [0.25, 0.3) is 0 Å². The molecule has 5 rings (SSSR count). The highest BCUT2D eigenvalue weighted by molar-refractivity contribution is 5.84. The Morgan fingerprint density at radius 2 is 1.03 bits per heavy atom. The van der Waals surface area contributed by atoms with E-state index in [-0.39, 0.29) is 0 Å². The first-order chi connectivity index (χ1) is 15.3. The van der Waals surface area contributed by atoms with E-state index in [4.69, 9.17) is 4.98 Å². The van der Waals surface area contributed by atoms with Crippen molar-refractivity contribution in [2.45, 2.75) is 6.92 Å². The number of rotatable bonds is 4. The van der Waals surface area contributed by atoms with E-state index in [9.17, 15) is 0 Å². The molecule has 0 aliphatic rings. The van der Waals surface area contributed by atoms with Gasteiger partial charge in [-0.2, -0.15) is 0 Å². The van der Waals surface area contributed by atoms with Gasteiger partial charge in [-0.1, -0.05) is 103 Å². The second-order valence-electron chi connectivity index (χ2n) is 7.58. The molecule has 0 spiro atoms. The normalized spacial score (nSPS) is 10.7. The Kier molecular flexibility index (Phi) is 5.12. The van der Waals surface area contributed by atoms with E-state index < -0.39 is 0 Å². The summed E-state index contributed by atoms with van der Waals surface area (Å²) in [5, 5.41) is 0. The molecule has 4 aromatic carbocycles. The molecule has 0 aliphatic heterocycles. The zero-order valence-corrected chi connectivity index (χ0v) is 17.4. The van der Waals surface area contributed by atoms with Crippen LogP contribution < -0.4 is 0 Å². The summed E-state index contributed by atoms with van der Waals surface area (Å²) in [4.78, 5) is 9.60. The van der Waals surface area contributed by atoms with Crippen molar-refractivity contribution in [2.75, 3.05) is 0 Å². The molecule has 0 radical (unpaired) electrons. The van der Waals surface area contributed by atoms with Crippen molar-refractivity contribution in [3.8, 4) is 44.9 Å². The van der Waals surface area contributed by atoms with Gasteiger partial charge in [-0.05, 0) is 41.3 Å².